The van der Waals surface area contributed by atoms with Gasteiger partial charge in [-0.2, -0.15) is 0 Å². The number of para-hydroxylation sites is 2. The zero-order valence-electron chi connectivity index (χ0n) is 56.0. The molecule has 1 aromatic heterocycles. The Labute approximate surface area is 525 Å². The van der Waals surface area contributed by atoms with Crippen molar-refractivity contribution >= 4 is 90.6 Å². The highest BCUT2D eigenvalue weighted by molar-refractivity contribution is 7.00. The summed E-state index contributed by atoms with van der Waals surface area (Å²) in [7, 11) is 0. The van der Waals surface area contributed by atoms with E-state index in [2.05, 4.69) is 249 Å². The third-order valence-corrected chi connectivity index (χ3v) is 17.6. The van der Waals surface area contributed by atoms with Gasteiger partial charge in [-0.3, -0.25) is 0 Å². The molecule has 14 aromatic rings. The average Bonchev–Trinajstić information content (AvgIpc) is 1.23. The van der Waals surface area contributed by atoms with Crippen molar-refractivity contribution in [1.82, 2.24) is 4.57 Å². The van der Waals surface area contributed by atoms with E-state index in [1.807, 2.05) is 36.4 Å². The third kappa shape index (κ3) is 8.81. The van der Waals surface area contributed by atoms with Crippen molar-refractivity contribution in [3.8, 4) is 72.4 Å². The van der Waals surface area contributed by atoms with E-state index >= 15 is 0 Å². The molecule has 0 aliphatic carbocycles. The van der Waals surface area contributed by atoms with Crippen LogP contribution in [-0.4, -0.2) is 11.3 Å². The second kappa shape index (κ2) is 21.0. The molecule has 5 heteroatoms. The summed E-state index contributed by atoms with van der Waals surface area (Å²) in [5, 5.41) is 0.567. The van der Waals surface area contributed by atoms with Crippen molar-refractivity contribution < 1.29 is 11.0 Å². The minimum absolute atomic E-state index is 0.00587. The molecule has 0 saturated carbocycles. The van der Waals surface area contributed by atoms with Gasteiger partial charge in [0.05, 0.1) is 33.4 Å². The summed E-state index contributed by atoms with van der Waals surface area (Å²) < 4.78 is 76.1. The molecule has 0 N–H and O–H groups in total. The Morgan fingerprint density at radius 2 is 0.713 bits per heavy atom. The third-order valence-electron chi connectivity index (χ3n) is 17.4. The second-order valence-electron chi connectivity index (χ2n) is 23.5. The highest BCUT2D eigenvalue weighted by Gasteiger charge is 2.46. The minimum atomic E-state index is -0.502. The number of anilines is 6. The zero-order chi connectivity index (χ0) is 65.3. The van der Waals surface area contributed by atoms with Crippen molar-refractivity contribution in [1.29, 1.82) is 0 Å². The normalized spacial score (nSPS) is 13.8. The van der Waals surface area contributed by atoms with Crippen LogP contribution in [0.15, 0.2) is 303 Å². The number of nitrogens with zero attached hydrogens (tertiary/aromatic N) is 3. The lowest BCUT2D eigenvalue weighted by Gasteiger charge is -2.46. The van der Waals surface area contributed by atoms with E-state index in [4.69, 9.17) is 17.1 Å². The van der Waals surface area contributed by atoms with E-state index < -0.39 is 48.4 Å². The van der Waals surface area contributed by atoms with Crippen LogP contribution in [0.4, 0.5) is 34.1 Å². The van der Waals surface area contributed by atoms with Crippen LogP contribution in [0.2, 0.25) is 5.02 Å². The quantitative estimate of drug-likeness (QED) is 0.133. The fourth-order valence-corrected chi connectivity index (χ4v) is 13.5. The summed E-state index contributed by atoms with van der Waals surface area (Å²) in [6.45, 7) is 6.28. The van der Waals surface area contributed by atoms with E-state index in [0.717, 1.165) is 123 Å². The van der Waals surface area contributed by atoms with Gasteiger partial charge >= 0.3 is 0 Å². The van der Waals surface area contributed by atoms with Crippen LogP contribution >= 0.6 is 11.6 Å². The molecule has 87 heavy (non-hydrogen) atoms. The summed E-state index contributed by atoms with van der Waals surface area (Å²) in [5.74, 6) is 0. The van der Waals surface area contributed by atoms with Gasteiger partial charge in [-0.25, -0.2) is 0 Å². The maximum atomic E-state index is 9.70. The van der Waals surface area contributed by atoms with Crippen LogP contribution in [0.25, 0.3) is 94.3 Å². The molecule has 16 rings (SSSR count). The topological polar surface area (TPSA) is 11.4 Å². The van der Waals surface area contributed by atoms with Gasteiger partial charge in [0.25, 0.3) is 6.71 Å². The fourth-order valence-electron chi connectivity index (χ4n) is 13.4. The summed E-state index contributed by atoms with van der Waals surface area (Å²) in [6, 6.07) is 86.0. The van der Waals surface area contributed by atoms with Gasteiger partial charge in [0, 0.05) is 66.5 Å². The molecule has 2 aliphatic heterocycles. The van der Waals surface area contributed by atoms with Gasteiger partial charge in [0.2, 0.25) is 0 Å². The molecule has 0 saturated heterocycles. The lowest BCUT2D eigenvalue weighted by molar-refractivity contribution is 0.590. The van der Waals surface area contributed by atoms with E-state index in [9.17, 15) is 5.48 Å². The lowest BCUT2D eigenvalue weighted by atomic mass is 9.33. The van der Waals surface area contributed by atoms with Crippen LogP contribution in [0, 0.1) is 0 Å². The fraction of sp³-hybridized carbons (Fsp3) is 0.0488. The van der Waals surface area contributed by atoms with E-state index in [-0.39, 0.29) is 33.9 Å². The van der Waals surface area contributed by atoms with Crippen molar-refractivity contribution in [2.24, 2.45) is 0 Å². The van der Waals surface area contributed by atoms with Crippen LogP contribution < -0.4 is 26.2 Å². The number of benzene rings is 13. The highest BCUT2D eigenvalue weighted by atomic mass is 35.5. The molecule has 0 amide bonds. The average molecular weight is 1140 g/mol. The predicted molar refractivity (Wildman–Crippen MR) is 371 cm³/mol. The van der Waals surface area contributed by atoms with Gasteiger partial charge in [0.15, 0.2) is 0 Å². The van der Waals surface area contributed by atoms with Crippen LogP contribution in [0.5, 0.6) is 0 Å². The van der Waals surface area contributed by atoms with Gasteiger partial charge in [0.1, 0.15) is 0 Å². The largest absolute Gasteiger partial charge is 0.310 e. The molecule has 3 heterocycles. The van der Waals surface area contributed by atoms with E-state index in [1.165, 1.54) is 0 Å². The minimum Gasteiger partial charge on any atom is -0.310 e. The van der Waals surface area contributed by atoms with Gasteiger partial charge in [-0.05, 0) is 145 Å². The Morgan fingerprint density at radius 3 is 1.10 bits per heavy atom. The number of fused-ring (bicyclic) bond motifs is 7. The Bertz CT molecular complexity index is 5260. The van der Waals surface area contributed by atoms with Gasteiger partial charge in [-0.1, -0.05) is 263 Å². The van der Waals surface area contributed by atoms with Crippen LogP contribution in [0.1, 0.15) is 37.3 Å². The van der Waals surface area contributed by atoms with Crippen molar-refractivity contribution in [2.45, 2.75) is 26.2 Å². The summed E-state index contributed by atoms with van der Waals surface area (Å²) >= 11 is 7.44. The molecule has 3 nitrogen and oxygen atoms in total. The standard InChI is InChI=1S/C82H59BClN3/c1-82(2,3)62-50-77-79-78(51-62)87(81-69(58-34-18-8-19-35-58)48-61(55-28-12-5-13-29-55)49-70(81)59-36-20-9-21-37-59)76-53-64(85-73-40-24-22-38-65(73)66-39-23-25-41-74(66)85)43-45-72(76)83(79)71-44-42-63(84)52-75(71)86(77)80-67(56-30-14-6-15-31-56)46-60(54-26-10-4-11-27-54)47-68(80)57-32-16-7-17-33-57/h4-53H,1-3H3/i22D,23D,24D,25D,38D,39D,40D,41D. The molecule has 2 aliphatic rings. The number of hydrogen-bond donors (Lipinski definition) is 0. The number of halogens is 1. The van der Waals surface area contributed by atoms with Crippen molar-refractivity contribution in [3.05, 3.63) is 314 Å². The zero-order valence-corrected chi connectivity index (χ0v) is 48.8. The van der Waals surface area contributed by atoms with Gasteiger partial charge < -0.3 is 14.4 Å². The molecule has 412 valence electrons. The number of aromatic nitrogens is 1. The smallest absolute Gasteiger partial charge is 0.252 e. The molecular formula is C82H59BClN3. The molecular weight excluding hydrogens is 1070 g/mol. The highest BCUT2D eigenvalue weighted by Crippen LogP contribution is 2.55. The first-order chi connectivity index (χ1) is 46.0. The molecule has 0 radical (unpaired) electrons. The molecule has 0 bridgehead atoms. The predicted octanol–water partition coefficient (Wildman–Crippen LogP) is 20.8. The summed E-state index contributed by atoms with van der Waals surface area (Å²) in [6.07, 6.45) is 0. The maximum Gasteiger partial charge on any atom is 0.252 e. The summed E-state index contributed by atoms with van der Waals surface area (Å²) in [5.41, 5.74) is 21.4. The Morgan fingerprint density at radius 1 is 0.356 bits per heavy atom. The van der Waals surface area contributed by atoms with E-state index in [1.54, 1.807) is 4.57 Å². The van der Waals surface area contributed by atoms with Crippen molar-refractivity contribution in [2.75, 3.05) is 9.80 Å². The molecule has 0 fully saturated rings. The molecule has 0 unspecified atom stereocenters. The SMILES string of the molecule is [2H]c1c([2H])c([2H])c2c(c1[2H])c1c([2H])c([2H])c([2H])c([2H])c1n2-c1ccc2c(c1)N(c1c(-c3ccccc3)cc(-c3ccccc3)cc1-c1ccccc1)c1cc(C(C)(C)C)cc3c1B2c1ccc(Cl)cc1N3c1c(-c2ccccc2)cc(-c2ccccc2)cc1-c1ccccc1. The first-order valence-corrected chi connectivity index (χ1v) is 29.8. The van der Waals surface area contributed by atoms with Crippen LogP contribution in [-0.2, 0) is 5.41 Å². The van der Waals surface area contributed by atoms with Gasteiger partial charge in [-0.15, -0.1) is 0 Å². The Kier molecular flexibility index (Phi) is 10.7. The monoisotopic (exact) mass is 1140 g/mol. The lowest BCUT2D eigenvalue weighted by Crippen LogP contribution is -2.61. The Balaban J connectivity index is 1.10. The first-order valence-electron chi connectivity index (χ1n) is 33.5. The first kappa shape index (κ1) is 44.1. The maximum absolute atomic E-state index is 9.70. The molecule has 13 aromatic carbocycles. The number of hydrogen-bond acceptors (Lipinski definition) is 2. The van der Waals surface area contributed by atoms with E-state index in [0.29, 0.717) is 10.7 Å². The summed E-state index contributed by atoms with van der Waals surface area (Å²) in [4.78, 5) is 4.88. The Hall–Kier alpha value is -10.4. The molecule has 0 atom stereocenters. The molecule has 0 spiro atoms. The second-order valence-corrected chi connectivity index (χ2v) is 24.0. The number of rotatable bonds is 9. The van der Waals surface area contributed by atoms with Crippen LogP contribution in [0.3, 0.4) is 0 Å². The van der Waals surface area contributed by atoms with Crippen molar-refractivity contribution in [3.63, 3.8) is 0 Å².